The molecule has 1 atom stereocenters. The number of hydrogen-bond acceptors (Lipinski definition) is 7. The summed E-state index contributed by atoms with van der Waals surface area (Å²) in [5.74, 6) is -0.523. The molecule has 3 aromatic rings. The van der Waals surface area contributed by atoms with Gasteiger partial charge < -0.3 is 10.1 Å². The highest BCUT2D eigenvalue weighted by molar-refractivity contribution is 8.00. The summed E-state index contributed by atoms with van der Waals surface area (Å²) < 4.78 is 5.01. The van der Waals surface area contributed by atoms with E-state index < -0.39 is 0 Å². The monoisotopic (exact) mass is 467 g/mol. The van der Waals surface area contributed by atoms with Crippen LogP contribution in [0, 0.1) is 0 Å². The van der Waals surface area contributed by atoms with Gasteiger partial charge in [0.25, 0.3) is 0 Å². The lowest BCUT2D eigenvalue weighted by Gasteiger charge is -2.15. The van der Waals surface area contributed by atoms with E-state index in [1.807, 2.05) is 43.3 Å². The lowest BCUT2D eigenvalue weighted by Crippen LogP contribution is -2.25. The SMILES string of the molecule is CCC(Sc1cc(-c2ccccc2)ncn1)C(=O)Nc1sc2c(c1C(=O)OC)CCCC2. The summed E-state index contributed by atoms with van der Waals surface area (Å²) in [6, 6.07) is 11.8. The van der Waals surface area contributed by atoms with E-state index in [-0.39, 0.29) is 17.1 Å². The van der Waals surface area contributed by atoms with Crippen LogP contribution in [0.5, 0.6) is 0 Å². The van der Waals surface area contributed by atoms with Crippen molar-refractivity contribution in [3.05, 3.63) is 58.7 Å². The second kappa shape index (κ2) is 10.3. The Bertz CT molecular complexity index is 1110. The first-order valence-corrected chi connectivity index (χ1v) is 12.4. The van der Waals surface area contributed by atoms with Gasteiger partial charge in [0.05, 0.1) is 23.6 Å². The van der Waals surface area contributed by atoms with E-state index in [9.17, 15) is 9.59 Å². The van der Waals surface area contributed by atoms with Crippen LogP contribution in [0.2, 0.25) is 0 Å². The van der Waals surface area contributed by atoms with E-state index in [0.29, 0.717) is 17.0 Å². The van der Waals surface area contributed by atoms with Crippen molar-refractivity contribution >= 4 is 40.0 Å². The van der Waals surface area contributed by atoms with E-state index in [1.165, 1.54) is 41.4 Å². The van der Waals surface area contributed by atoms with Gasteiger partial charge in [-0.15, -0.1) is 11.3 Å². The quantitative estimate of drug-likeness (QED) is 0.285. The minimum absolute atomic E-state index is 0.138. The van der Waals surface area contributed by atoms with E-state index in [0.717, 1.165) is 47.5 Å². The molecule has 1 aromatic carbocycles. The van der Waals surface area contributed by atoms with Crippen LogP contribution in [0.1, 0.15) is 47.0 Å². The predicted molar refractivity (Wildman–Crippen MR) is 128 cm³/mol. The zero-order valence-electron chi connectivity index (χ0n) is 18.1. The molecule has 2 aromatic heterocycles. The number of nitrogens with one attached hydrogen (secondary N) is 1. The number of thiophene rings is 1. The van der Waals surface area contributed by atoms with E-state index in [2.05, 4.69) is 15.3 Å². The van der Waals surface area contributed by atoms with Crippen molar-refractivity contribution in [3.8, 4) is 11.3 Å². The number of aryl methyl sites for hydroxylation is 1. The molecule has 1 aliphatic carbocycles. The second-order valence-electron chi connectivity index (χ2n) is 7.52. The number of fused-ring (bicyclic) bond motifs is 1. The van der Waals surface area contributed by atoms with Gasteiger partial charge in [0.2, 0.25) is 5.91 Å². The fourth-order valence-electron chi connectivity index (χ4n) is 3.80. The lowest BCUT2D eigenvalue weighted by atomic mass is 9.95. The predicted octanol–water partition coefficient (Wildman–Crippen LogP) is 5.38. The van der Waals surface area contributed by atoms with Crippen LogP contribution in [0.4, 0.5) is 5.00 Å². The third-order valence-electron chi connectivity index (χ3n) is 5.44. The van der Waals surface area contributed by atoms with E-state index in [1.54, 1.807) is 0 Å². The van der Waals surface area contributed by atoms with Crippen molar-refractivity contribution in [2.24, 2.45) is 0 Å². The number of hydrogen-bond donors (Lipinski definition) is 1. The Morgan fingerprint density at radius 2 is 1.97 bits per heavy atom. The van der Waals surface area contributed by atoms with Gasteiger partial charge in [0.15, 0.2) is 0 Å². The number of carbonyl (C=O) groups excluding carboxylic acids is 2. The van der Waals surface area contributed by atoms with Crippen LogP contribution in [0.3, 0.4) is 0 Å². The highest BCUT2D eigenvalue weighted by atomic mass is 32.2. The Morgan fingerprint density at radius 3 is 2.72 bits per heavy atom. The number of nitrogens with zero attached hydrogens (tertiary/aromatic N) is 2. The van der Waals surface area contributed by atoms with Gasteiger partial charge in [-0.2, -0.15) is 0 Å². The van der Waals surface area contributed by atoms with Crippen LogP contribution >= 0.6 is 23.1 Å². The van der Waals surface area contributed by atoms with Gasteiger partial charge >= 0.3 is 5.97 Å². The van der Waals surface area contributed by atoms with Crippen molar-refractivity contribution in [2.45, 2.75) is 49.3 Å². The van der Waals surface area contributed by atoms with Crippen molar-refractivity contribution < 1.29 is 14.3 Å². The van der Waals surface area contributed by atoms with Crippen LogP contribution in [0.25, 0.3) is 11.3 Å². The van der Waals surface area contributed by atoms with Crippen molar-refractivity contribution in [1.29, 1.82) is 0 Å². The summed E-state index contributed by atoms with van der Waals surface area (Å²) >= 11 is 2.91. The molecular formula is C24H25N3O3S2. The molecule has 2 heterocycles. The Hall–Kier alpha value is -2.71. The molecule has 0 bridgehead atoms. The molecule has 1 unspecified atom stereocenters. The Labute approximate surface area is 195 Å². The summed E-state index contributed by atoms with van der Waals surface area (Å²) in [5, 5.41) is 4.00. The van der Waals surface area contributed by atoms with Crippen molar-refractivity contribution in [2.75, 3.05) is 12.4 Å². The number of methoxy groups -OCH3 is 1. The maximum Gasteiger partial charge on any atom is 0.341 e. The normalized spacial score (nSPS) is 13.8. The molecule has 6 nitrogen and oxygen atoms in total. The number of rotatable bonds is 7. The highest BCUT2D eigenvalue weighted by Gasteiger charge is 2.28. The Balaban J connectivity index is 1.53. The maximum absolute atomic E-state index is 13.2. The molecule has 8 heteroatoms. The summed E-state index contributed by atoms with van der Waals surface area (Å²) in [5.41, 5.74) is 3.37. The van der Waals surface area contributed by atoms with Crippen molar-refractivity contribution in [3.63, 3.8) is 0 Å². The third kappa shape index (κ3) is 4.86. The Kier molecular flexibility index (Phi) is 7.22. The van der Waals surface area contributed by atoms with Gasteiger partial charge in [0.1, 0.15) is 16.4 Å². The standard InChI is InChI=1S/C24H25N3O3S2/c1-3-18(31-20-13-17(25-14-26-20)15-9-5-4-6-10-15)22(28)27-23-21(24(29)30-2)16-11-7-8-12-19(16)32-23/h4-6,9-10,13-14,18H,3,7-8,11-12H2,1-2H3,(H,27,28). The number of thioether (sulfide) groups is 1. The van der Waals surface area contributed by atoms with Gasteiger partial charge in [-0.25, -0.2) is 14.8 Å². The first-order chi connectivity index (χ1) is 15.6. The molecule has 0 spiro atoms. The lowest BCUT2D eigenvalue weighted by molar-refractivity contribution is -0.115. The number of benzene rings is 1. The molecule has 0 aliphatic heterocycles. The number of amides is 1. The van der Waals surface area contributed by atoms with Gasteiger partial charge in [-0.3, -0.25) is 4.79 Å². The fraction of sp³-hybridized carbons (Fsp3) is 0.333. The van der Waals surface area contributed by atoms with Gasteiger partial charge in [0, 0.05) is 10.4 Å². The molecule has 0 saturated heterocycles. The van der Waals surface area contributed by atoms with Crippen LogP contribution in [-0.2, 0) is 22.4 Å². The smallest absolute Gasteiger partial charge is 0.341 e. The Morgan fingerprint density at radius 1 is 1.19 bits per heavy atom. The van der Waals surface area contributed by atoms with Gasteiger partial charge in [-0.05, 0) is 43.7 Å². The summed E-state index contributed by atoms with van der Waals surface area (Å²) in [6.07, 6.45) is 6.09. The number of anilines is 1. The van der Waals surface area contributed by atoms with Gasteiger partial charge in [-0.1, -0.05) is 49.0 Å². The minimum Gasteiger partial charge on any atom is -0.465 e. The van der Waals surface area contributed by atoms with E-state index in [4.69, 9.17) is 4.74 Å². The zero-order valence-corrected chi connectivity index (χ0v) is 19.7. The number of carbonyl (C=O) groups is 2. The minimum atomic E-state index is -0.385. The first-order valence-electron chi connectivity index (χ1n) is 10.7. The van der Waals surface area contributed by atoms with Crippen LogP contribution in [-0.4, -0.2) is 34.2 Å². The van der Waals surface area contributed by atoms with Crippen molar-refractivity contribution in [1.82, 2.24) is 9.97 Å². The molecule has 4 rings (SSSR count). The highest BCUT2D eigenvalue weighted by Crippen LogP contribution is 2.39. The average Bonchev–Trinajstić information content (AvgIpc) is 3.20. The number of ether oxygens (including phenoxy) is 1. The number of esters is 1. The molecule has 1 amide bonds. The molecule has 0 saturated carbocycles. The molecule has 0 radical (unpaired) electrons. The molecule has 0 fully saturated rings. The van der Waals surface area contributed by atoms with Crippen LogP contribution < -0.4 is 5.32 Å². The number of aromatic nitrogens is 2. The fourth-order valence-corrected chi connectivity index (χ4v) is 6.00. The summed E-state index contributed by atoms with van der Waals surface area (Å²) in [7, 11) is 1.38. The largest absolute Gasteiger partial charge is 0.465 e. The average molecular weight is 468 g/mol. The molecule has 1 aliphatic rings. The summed E-state index contributed by atoms with van der Waals surface area (Å²) in [4.78, 5) is 35.5. The first kappa shape index (κ1) is 22.5. The maximum atomic E-state index is 13.2. The van der Waals surface area contributed by atoms with E-state index >= 15 is 0 Å². The van der Waals surface area contributed by atoms with Crippen LogP contribution in [0.15, 0.2) is 47.8 Å². The zero-order chi connectivity index (χ0) is 22.5. The third-order valence-corrected chi connectivity index (χ3v) is 7.94. The topological polar surface area (TPSA) is 81.2 Å². The molecule has 166 valence electrons. The second-order valence-corrected chi connectivity index (χ2v) is 9.85. The molecule has 32 heavy (non-hydrogen) atoms. The summed E-state index contributed by atoms with van der Waals surface area (Å²) in [6.45, 7) is 1.97. The molecular weight excluding hydrogens is 442 g/mol. The molecule has 1 N–H and O–H groups in total.